The Morgan fingerprint density at radius 3 is 2.27 bits per heavy atom. The normalized spacial score (nSPS) is 16.2. The molecular weight excluding hydrogens is 428 g/mol. The van der Waals surface area contributed by atoms with Crippen molar-refractivity contribution in [3.05, 3.63) is 48.5 Å². The minimum absolute atomic E-state index is 0.0453. The zero-order valence-corrected chi connectivity index (χ0v) is 18.4. The molecule has 0 bridgehead atoms. The molecule has 3 rings (SSSR count). The van der Waals surface area contributed by atoms with Gasteiger partial charge in [-0.3, -0.25) is 4.79 Å². The molecule has 8 nitrogen and oxygen atoms in total. The summed E-state index contributed by atoms with van der Waals surface area (Å²) in [5, 5.41) is 2.84. The van der Waals surface area contributed by atoms with Crippen LogP contribution in [0.25, 0.3) is 0 Å². The molecule has 0 radical (unpaired) electrons. The van der Waals surface area contributed by atoms with Crippen LogP contribution in [-0.2, 0) is 24.7 Å². The molecule has 0 unspecified atom stereocenters. The SMILES string of the molecule is COc1cccc(NC(=O)C2CCN(S(=O)(=O)c3cccc(S(C)(=O)=O)c3)CC2)c1. The minimum Gasteiger partial charge on any atom is -0.497 e. The second-order valence-electron chi connectivity index (χ2n) is 7.15. The van der Waals surface area contributed by atoms with E-state index >= 15 is 0 Å². The number of rotatable bonds is 6. The number of piperidine rings is 1. The van der Waals surface area contributed by atoms with Crippen molar-refractivity contribution in [2.45, 2.75) is 22.6 Å². The molecule has 30 heavy (non-hydrogen) atoms. The first-order valence-electron chi connectivity index (χ1n) is 9.36. The Morgan fingerprint density at radius 1 is 1.00 bits per heavy atom. The van der Waals surface area contributed by atoms with Crippen molar-refractivity contribution in [1.29, 1.82) is 0 Å². The third-order valence-electron chi connectivity index (χ3n) is 5.03. The molecule has 1 aliphatic heterocycles. The number of nitrogens with zero attached hydrogens (tertiary/aromatic N) is 1. The number of sulfone groups is 1. The largest absolute Gasteiger partial charge is 0.497 e. The molecule has 2 aromatic rings. The zero-order chi connectivity index (χ0) is 21.9. The number of carbonyl (C=O) groups is 1. The highest BCUT2D eigenvalue weighted by Crippen LogP contribution is 2.26. The second kappa shape index (κ2) is 8.75. The fraction of sp³-hybridized carbons (Fsp3) is 0.350. The summed E-state index contributed by atoms with van der Waals surface area (Å²) in [7, 11) is -5.81. The summed E-state index contributed by atoms with van der Waals surface area (Å²) in [6.07, 6.45) is 1.78. The van der Waals surface area contributed by atoms with Crippen molar-refractivity contribution in [3.63, 3.8) is 0 Å². The molecule has 1 heterocycles. The molecule has 1 aliphatic rings. The lowest BCUT2D eigenvalue weighted by molar-refractivity contribution is -0.120. The summed E-state index contributed by atoms with van der Waals surface area (Å²) in [4.78, 5) is 12.5. The van der Waals surface area contributed by atoms with E-state index in [1.165, 1.54) is 28.6 Å². The van der Waals surface area contributed by atoms with Gasteiger partial charge in [0.05, 0.1) is 16.9 Å². The van der Waals surface area contributed by atoms with E-state index in [4.69, 9.17) is 4.74 Å². The Labute approximate surface area is 176 Å². The molecule has 162 valence electrons. The Morgan fingerprint density at radius 2 is 1.63 bits per heavy atom. The van der Waals surface area contributed by atoms with E-state index in [0.29, 0.717) is 24.3 Å². The molecule has 1 fully saturated rings. The maximum absolute atomic E-state index is 12.9. The van der Waals surface area contributed by atoms with Crippen LogP contribution in [0.2, 0.25) is 0 Å². The van der Waals surface area contributed by atoms with Crippen molar-refractivity contribution in [3.8, 4) is 5.75 Å². The molecule has 2 aromatic carbocycles. The predicted octanol–water partition coefficient (Wildman–Crippen LogP) is 2.14. The molecule has 0 spiro atoms. The Hall–Kier alpha value is -2.43. The van der Waals surface area contributed by atoms with Gasteiger partial charge in [0, 0.05) is 37.0 Å². The van der Waals surface area contributed by atoms with Gasteiger partial charge in [-0.25, -0.2) is 16.8 Å². The predicted molar refractivity (Wildman–Crippen MR) is 113 cm³/mol. The molecule has 0 aliphatic carbocycles. The number of anilines is 1. The van der Waals surface area contributed by atoms with Gasteiger partial charge in [0.25, 0.3) is 0 Å². The van der Waals surface area contributed by atoms with Gasteiger partial charge >= 0.3 is 0 Å². The third-order valence-corrected chi connectivity index (χ3v) is 8.04. The average Bonchev–Trinajstić information content (AvgIpc) is 2.73. The van der Waals surface area contributed by atoms with E-state index in [-0.39, 0.29) is 34.7 Å². The van der Waals surface area contributed by atoms with Crippen LogP contribution in [0, 0.1) is 5.92 Å². The summed E-state index contributed by atoms with van der Waals surface area (Å²) < 4.78 is 55.8. The number of benzene rings is 2. The summed E-state index contributed by atoms with van der Waals surface area (Å²) in [5.74, 6) is 0.148. The Kier molecular flexibility index (Phi) is 6.49. The highest BCUT2D eigenvalue weighted by molar-refractivity contribution is 7.91. The number of hydrogen-bond donors (Lipinski definition) is 1. The molecule has 0 atom stereocenters. The maximum Gasteiger partial charge on any atom is 0.243 e. The van der Waals surface area contributed by atoms with Crippen LogP contribution in [-0.4, -0.2) is 53.5 Å². The lowest BCUT2D eigenvalue weighted by Gasteiger charge is -2.30. The molecule has 10 heteroatoms. The van der Waals surface area contributed by atoms with Gasteiger partial charge in [-0.15, -0.1) is 0 Å². The van der Waals surface area contributed by atoms with E-state index in [2.05, 4.69) is 5.32 Å². The van der Waals surface area contributed by atoms with Crippen molar-refractivity contribution in [2.75, 3.05) is 31.8 Å². The number of carbonyl (C=O) groups excluding carboxylic acids is 1. The van der Waals surface area contributed by atoms with E-state index in [9.17, 15) is 21.6 Å². The van der Waals surface area contributed by atoms with Gasteiger partial charge in [0.2, 0.25) is 15.9 Å². The van der Waals surface area contributed by atoms with E-state index in [1.54, 1.807) is 31.4 Å². The van der Waals surface area contributed by atoms with Crippen LogP contribution in [0.5, 0.6) is 5.75 Å². The summed E-state index contributed by atoms with van der Waals surface area (Å²) in [6, 6.07) is 12.4. The zero-order valence-electron chi connectivity index (χ0n) is 16.7. The fourth-order valence-corrected chi connectivity index (χ4v) is 5.58. The smallest absolute Gasteiger partial charge is 0.243 e. The number of ether oxygens (including phenoxy) is 1. The van der Waals surface area contributed by atoms with Gasteiger partial charge < -0.3 is 10.1 Å². The van der Waals surface area contributed by atoms with Crippen LogP contribution >= 0.6 is 0 Å². The lowest BCUT2D eigenvalue weighted by Crippen LogP contribution is -2.41. The van der Waals surface area contributed by atoms with Crippen LogP contribution < -0.4 is 10.1 Å². The molecular formula is C20H24N2O6S2. The van der Waals surface area contributed by atoms with Gasteiger partial charge in [0.15, 0.2) is 9.84 Å². The molecule has 1 saturated heterocycles. The minimum atomic E-state index is -3.84. The monoisotopic (exact) mass is 452 g/mol. The maximum atomic E-state index is 12.9. The number of amides is 1. The number of hydrogen-bond acceptors (Lipinski definition) is 6. The first-order valence-corrected chi connectivity index (χ1v) is 12.7. The first kappa shape index (κ1) is 22.3. The van der Waals surface area contributed by atoms with Crippen molar-refractivity contribution in [2.24, 2.45) is 5.92 Å². The van der Waals surface area contributed by atoms with Gasteiger partial charge in [-0.2, -0.15) is 4.31 Å². The summed E-state index contributed by atoms with van der Waals surface area (Å²) >= 11 is 0. The topological polar surface area (TPSA) is 110 Å². The van der Waals surface area contributed by atoms with Crippen LogP contribution in [0.15, 0.2) is 58.3 Å². The first-order chi connectivity index (χ1) is 14.1. The summed E-state index contributed by atoms with van der Waals surface area (Å²) in [6.45, 7) is 0.364. The van der Waals surface area contributed by atoms with E-state index < -0.39 is 19.9 Å². The molecule has 1 amide bonds. The second-order valence-corrected chi connectivity index (χ2v) is 11.1. The van der Waals surface area contributed by atoms with Crippen molar-refractivity contribution >= 4 is 31.5 Å². The van der Waals surface area contributed by atoms with Crippen LogP contribution in [0.3, 0.4) is 0 Å². The average molecular weight is 453 g/mol. The van der Waals surface area contributed by atoms with Gasteiger partial charge in [0.1, 0.15) is 5.75 Å². The number of methoxy groups -OCH3 is 1. The molecule has 1 N–H and O–H groups in total. The quantitative estimate of drug-likeness (QED) is 0.719. The van der Waals surface area contributed by atoms with Crippen molar-refractivity contribution < 1.29 is 26.4 Å². The fourth-order valence-electron chi connectivity index (χ4n) is 3.32. The van der Waals surface area contributed by atoms with Gasteiger partial charge in [-0.1, -0.05) is 12.1 Å². The van der Waals surface area contributed by atoms with Crippen LogP contribution in [0.4, 0.5) is 5.69 Å². The molecule has 0 aromatic heterocycles. The van der Waals surface area contributed by atoms with Gasteiger partial charge in [-0.05, 0) is 43.2 Å². The van der Waals surface area contributed by atoms with Crippen molar-refractivity contribution in [1.82, 2.24) is 4.31 Å². The Bertz CT molecular complexity index is 1140. The number of sulfonamides is 1. The highest BCUT2D eigenvalue weighted by Gasteiger charge is 2.32. The number of nitrogens with one attached hydrogen (secondary N) is 1. The Balaban J connectivity index is 1.66. The lowest BCUT2D eigenvalue weighted by atomic mass is 9.97. The third kappa shape index (κ3) is 5.00. The molecule has 0 saturated carbocycles. The highest BCUT2D eigenvalue weighted by atomic mass is 32.2. The van der Waals surface area contributed by atoms with Crippen LogP contribution in [0.1, 0.15) is 12.8 Å². The van der Waals surface area contributed by atoms with E-state index in [0.717, 1.165) is 6.26 Å². The van der Waals surface area contributed by atoms with E-state index in [1.807, 2.05) is 0 Å². The summed E-state index contributed by atoms with van der Waals surface area (Å²) in [5.41, 5.74) is 0.618. The standard InChI is InChI=1S/C20H24N2O6S2/c1-28-17-6-3-5-16(13-17)21-20(23)15-9-11-22(12-10-15)30(26,27)19-8-4-7-18(14-19)29(2,24)25/h3-8,13-15H,9-12H2,1-2H3,(H,21,23).